The largest absolute Gasteiger partial charge is 0.379 e. The average molecular weight is 362 g/mol. The predicted molar refractivity (Wildman–Crippen MR) is 97.3 cm³/mol. The van der Waals surface area contributed by atoms with Gasteiger partial charge in [-0.3, -0.25) is 4.79 Å². The number of amides is 1. The molecule has 3 aliphatic rings. The van der Waals surface area contributed by atoms with E-state index in [-0.39, 0.29) is 5.91 Å². The molecule has 25 heavy (non-hydrogen) atoms. The second-order valence-electron chi connectivity index (χ2n) is 7.14. The van der Waals surface area contributed by atoms with Gasteiger partial charge in [0.05, 0.1) is 36.0 Å². The Labute approximate surface area is 155 Å². The van der Waals surface area contributed by atoms with E-state index in [0.29, 0.717) is 29.4 Å². The molecular formula is C18H26N4O2S. The molecule has 3 rings (SSSR count). The van der Waals surface area contributed by atoms with Crippen molar-refractivity contribution in [1.29, 1.82) is 10.5 Å². The standard InChI is InChI=1S/C13H15N3OS.C5H11NO/c1-8-2-4-13(5-3-8)9(6-14)11(17)16-12(18)10(13)7-15;1-6-2-4-7-5-3-6/h8-9,18H,2-5H2,1H3,(H,16,17);2-5H2,1H3. The number of carbonyl (C=O) groups excluding carboxylic acids is 1. The summed E-state index contributed by atoms with van der Waals surface area (Å²) in [4.78, 5) is 14.2. The third kappa shape index (κ3) is 4.36. The summed E-state index contributed by atoms with van der Waals surface area (Å²) < 4.78 is 5.10. The third-order valence-corrected chi connectivity index (χ3v) is 5.77. The molecule has 1 saturated carbocycles. The van der Waals surface area contributed by atoms with Crippen molar-refractivity contribution in [1.82, 2.24) is 10.2 Å². The van der Waals surface area contributed by atoms with Crippen LogP contribution in [0.1, 0.15) is 32.6 Å². The molecule has 2 heterocycles. The molecule has 1 N–H and O–H groups in total. The molecule has 1 aliphatic carbocycles. The summed E-state index contributed by atoms with van der Waals surface area (Å²) in [5.41, 5.74) is -0.140. The number of allylic oxidation sites excluding steroid dienone is 1. The van der Waals surface area contributed by atoms with Gasteiger partial charge in [0.15, 0.2) is 0 Å². The first-order chi connectivity index (χ1) is 11.9. The number of thiol groups is 1. The second-order valence-corrected chi connectivity index (χ2v) is 7.59. The van der Waals surface area contributed by atoms with E-state index < -0.39 is 11.3 Å². The Morgan fingerprint density at radius 3 is 2.32 bits per heavy atom. The molecule has 1 amide bonds. The fourth-order valence-corrected chi connectivity index (χ4v) is 4.08. The van der Waals surface area contributed by atoms with Crippen LogP contribution in [0.2, 0.25) is 0 Å². The number of nitriles is 2. The molecule has 0 bridgehead atoms. The van der Waals surface area contributed by atoms with Crippen molar-refractivity contribution in [2.24, 2.45) is 17.3 Å². The molecule has 0 aromatic heterocycles. The number of morpholine rings is 1. The topological polar surface area (TPSA) is 89.2 Å². The molecule has 7 heteroatoms. The molecule has 2 aliphatic heterocycles. The average Bonchev–Trinajstić information content (AvgIpc) is 2.59. The Balaban J connectivity index is 0.000000269. The van der Waals surface area contributed by atoms with E-state index in [4.69, 9.17) is 4.74 Å². The predicted octanol–water partition coefficient (Wildman–Crippen LogP) is 2.07. The number of nitrogens with one attached hydrogen (secondary N) is 1. The Kier molecular flexibility index (Phi) is 6.89. The maximum absolute atomic E-state index is 11.9. The fourth-order valence-electron chi connectivity index (χ4n) is 3.70. The van der Waals surface area contributed by atoms with Crippen molar-refractivity contribution in [3.05, 3.63) is 10.6 Å². The normalized spacial score (nSPS) is 32.9. The molecule has 1 spiro atoms. The quantitative estimate of drug-likeness (QED) is 0.644. The lowest BCUT2D eigenvalue weighted by Gasteiger charge is -2.44. The lowest BCUT2D eigenvalue weighted by atomic mass is 9.59. The van der Waals surface area contributed by atoms with Crippen molar-refractivity contribution < 1.29 is 9.53 Å². The summed E-state index contributed by atoms with van der Waals surface area (Å²) in [6.45, 7) is 6.18. The van der Waals surface area contributed by atoms with Crippen LogP contribution in [0.5, 0.6) is 0 Å². The smallest absolute Gasteiger partial charge is 0.243 e. The van der Waals surface area contributed by atoms with Crippen LogP contribution in [-0.2, 0) is 9.53 Å². The van der Waals surface area contributed by atoms with E-state index in [9.17, 15) is 15.3 Å². The summed E-state index contributed by atoms with van der Waals surface area (Å²) in [7, 11) is 2.11. The number of hydrogen-bond donors (Lipinski definition) is 2. The van der Waals surface area contributed by atoms with Gasteiger partial charge in [0, 0.05) is 18.5 Å². The number of hydrogen-bond acceptors (Lipinski definition) is 6. The van der Waals surface area contributed by atoms with Crippen LogP contribution in [0.4, 0.5) is 0 Å². The van der Waals surface area contributed by atoms with Gasteiger partial charge in [-0.15, -0.1) is 12.6 Å². The van der Waals surface area contributed by atoms with E-state index in [1.165, 1.54) is 0 Å². The van der Waals surface area contributed by atoms with Crippen LogP contribution in [0.3, 0.4) is 0 Å². The maximum atomic E-state index is 11.9. The van der Waals surface area contributed by atoms with E-state index in [2.05, 4.69) is 49.0 Å². The molecule has 0 aromatic carbocycles. The molecule has 1 unspecified atom stereocenters. The number of likely N-dealkylation sites (N-methyl/N-ethyl adjacent to an activating group) is 1. The molecule has 136 valence electrons. The van der Waals surface area contributed by atoms with Crippen molar-refractivity contribution in [2.75, 3.05) is 33.4 Å². The summed E-state index contributed by atoms with van der Waals surface area (Å²) in [6, 6.07) is 4.23. The van der Waals surface area contributed by atoms with E-state index >= 15 is 0 Å². The molecule has 6 nitrogen and oxygen atoms in total. The zero-order chi connectivity index (χ0) is 18.4. The van der Waals surface area contributed by atoms with Crippen LogP contribution in [0.15, 0.2) is 10.6 Å². The number of rotatable bonds is 0. The first-order valence-electron chi connectivity index (χ1n) is 8.75. The van der Waals surface area contributed by atoms with Crippen LogP contribution < -0.4 is 5.32 Å². The first kappa shape index (κ1) is 19.8. The number of ether oxygens (including phenoxy) is 1. The molecule has 1 atom stereocenters. The molecular weight excluding hydrogens is 336 g/mol. The van der Waals surface area contributed by atoms with E-state index in [0.717, 1.165) is 39.1 Å². The van der Waals surface area contributed by atoms with Gasteiger partial charge in [0.1, 0.15) is 5.92 Å². The third-order valence-electron chi connectivity index (χ3n) is 5.43. The second kappa shape index (κ2) is 8.71. The zero-order valence-corrected chi connectivity index (χ0v) is 15.8. The molecule has 0 aromatic rings. The Morgan fingerprint density at radius 1 is 1.28 bits per heavy atom. The summed E-state index contributed by atoms with van der Waals surface area (Å²) in [6.07, 6.45) is 3.31. The summed E-state index contributed by atoms with van der Waals surface area (Å²) in [5.74, 6) is -0.505. The van der Waals surface area contributed by atoms with Crippen LogP contribution in [0, 0.1) is 39.9 Å². The van der Waals surface area contributed by atoms with Gasteiger partial charge >= 0.3 is 0 Å². The Hall–Kier alpha value is -1.54. The van der Waals surface area contributed by atoms with Gasteiger partial charge in [-0.2, -0.15) is 10.5 Å². The van der Waals surface area contributed by atoms with Gasteiger partial charge < -0.3 is 15.0 Å². The monoisotopic (exact) mass is 362 g/mol. The highest BCUT2D eigenvalue weighted by atomic mass is 32.1. The molecule has 0 radical (unpaired) electrons. The number of carbonyl (C=O) groups is 1. The fraction of sp³-hybridized carbons (Fsp3) is 0.722. The first-order valence-corrected chi connectivity index (χ1v) is 9.20. The van der Waals surface area contributed by atoms with Gasteiger partial charge in [-0.05, 0) is 38.6 Å². The number of nitrogens with zero attached hydrogens (tertiary/aromatic N) is 3. The van der Waals surface area contributed by atoms with Gasteiger partial charge in [0.25, 0.3) is 0 Å². The zero-order valence-electron chi connectivity index (χ0n) is 14.9. The van der Waals surface area contributed by atoms with Crippen molar-refractivity contribution in [3.8, 4) is 12.1 Å². The maximum Gasteiger partial charge on any atom is 0.243 e. The lowest BCUT2D eigenvalue weighted by molar-refractivity contribution is -0.127. The Morgan fingerprint density at radius 2 is 1.88 bits per heavy atom. The van der Waals surface area contributed by atoms with Gasteiger partial charge in [0.2, 0.25) is 5.91 Å². The van der Waals surface area contributed by atoms with E-state index in [1.54, 1.807) is 0 Å². The minimum absolute atomic E-state index is 0.323. The minimum atomic E-state index is -0.768. The molecule has 2 fully saturated rings. The highest BCUT2D eigenvalue weighted by molar-refractivity contribution is 7.84. The molecule has 1 saturated heterocycles. The van der Waals surface area contributed by atoms with E-state index in [1.807, 2.05) is 0 Å². The highest BCUT2D eigenvalue weighted by Gasteiger charge is 2.51. The van der Waals surface area contributed by atoms with Crippen LogP contribution in [-0.4, -0.2) is 44.2 Å². The van der Waals surface area contributed by atoms with Crippen molar-refractivity contribution in [2.45, 2.75) is 32.6 Å². The SMILES string of the molecule is CC1CCC2(CC1)C(C#N)=C(S)NC(=O)C2C#N.CN1CCOCC1. The van der Waals surface area contributed by atoms with Crippen LogP contribution in [0.25, 0.3) is 0 Å². The van der Waals surface area contributed by atoms with Gasteiger partial charge in [-0.25, -0.2) is 0 Å². The summed E-state index contributed by atoms with van der Waals surface area (Å²) in [5, 5.41) is 21.5. The highest BCUT2D eigenvalue weighted by Crippen LogP contribution is 2.52. The summed E-state index contributed by atoms with van der Waals surface area (Å²) >= 11 is 4.20. The lowest BCUT2D eigenvalue weighted by Crippen LogP contribution is -2.48. The van der Waals surface area contributed by atoms with Gasteiger partial charge in [-0.1, -0.05) is 6.92 Å². The minimum Gasteiger partial charge on any atom is -0.379 e. The van der Waals surface area contributed by atoms with Crippen molar-refractivity contribution >= 4 is 18.5 Å². The van der Waals surface area contributed by atoms with Crippen LogP contribution >= 0.6 is 12.6 Å². The van der Waals surface area contributed by atoms with Crippen molar-refractivity contribution in [3.63, 3.8) is 0 Å². The Bertz CT molecular complexity index is 606.